The van der Waals surface area contributed by atoms with Crippen molar-refractivity contribution in [3.63, 3.8) is 0 Å². The van der Waals surface area contributed by atoms with Gasteiger partial charge in [-0.3, -0.25) is 14.9 Å². The first-order chi connectivity index (χ1) is 15.9. The minimum absolute atomic E-state index is 0.0131. The van der Waals surface area contributed by atoms with Crippen LogP contribution in [-0.2, 0) is 0 Å². The molecule has 5 rings (SSSR count). The van der Waals surface area contributed by atoms with Crippen molar-refractivity contribution in [3.8, 4) is 6.07 Å². The number of aromatic nitrogens is 5. The summed E-state index contributed by atoms with van der Waals surface area (Å²) in [6.07, 6.45) is 2.50. The molecule has 0 bridgehead atoms. The van der Waals surface area contributed by atoms with Crippen LogP contribution in [0.5, 0.6) is 0 Å². The number of hydrogen-bond acceptors (Lipinski definition) is 8. The first-order valence-electron chi connectivity index (χ1n) is 10.5. The maximum atomic E-state index is 14.4. The van der Waals surface area contributed by atoms with E-state index in [1.165, 1.54) is 23.5 Å². The molecule has 0 radical (unpaired) electrons. The van der Waals surface area contributed by atoms with Gasteiger partial charge in [-0.15, -0.1) is 0 Å². The van der Waals surface area contributed by atoms with Gasteiger partial charge in [0.25, 0.3) is 5.91 Å². The van der Waals surface area contributed by atoms with Crippen LogP contribution in [0, 0.1) is 23.1 Å². The summed E-state index contributed by atoms with van der Waals surface area (Å²) in [6, 6.07) is 2.27. The molecule has 2 aliphatic rings. The van der Waals surface area contributed by atoms with E-state index in [1.807, 2.05) is 0 Å². The Morgan fingerprint density at radius 3 is 2.91 bits per heavy atom. The first-order valence-corrected chi connectivity index (χ1v) is 10.5. The van der Waals surface area contributed by atoms with E-state index < -0.39 is 36.1 Å². The molecule has 5 atom stereocenters. The zero-order valence-corrected chi connectivity index (χ0v) is 17.3. The summed E-state index contributed by atoms with van der Waals surface area (Å²) in [5.74, 6) is -1.14. The lowest BCUT2D eigenvalue weighted by Crippen LogP contribution is -2.32. The van der Waals surface area contributed by atoms with Gasteiger partial charge in [0.15, 0.2) is 11.3 Å². The predicted octanol–water partition coefficient (Wildman–Crippen LogP) is 1.89. The molecule has 12 heteroatoms. The average molecular weight is 454 g/mol. The maximum absolute atomic E-state index is 14.4. The summed E-state index contributed by atoms with van der Waals surface area (Å²) in [5.41, 5.74) is 0.676. The zero-order valence-electron chi connectivity index (χ0n) is 17.3. The second-order valence-electron chi connectivity index (χ2n) is 8.38. The number of aromatic amines is 1. The third kappa shape index (κ3) is 3.84. The van der Waals surface area contributed by atoms with E-state index in [-0.39, 0.29) is 30.4 Å². The van der Waals surface area contributed by atoms with Crippen LogP contribution in [-0.4, -0.2) is 65.9 Å². The van der Waals surface area contributed by atoms with Crippen molar-refractivity contribution in [3.05, 3.63) is 41.9 Å². The number of nitriles is 1. The summed E-state index contributed by atoms with van der Waals surface area (Å²) in [5, 5.41) is 29.7. The minimum atomic E-state index is -1.28. The molecule has 10 nitrogen and oxygen atoms in total. The second kappa shape index (κ2) is 8.32. The number of rotatable bonds is 4. The molecule has 1 aliphatic carbocycles. The number of H-pyrrole nitrogens is 1. The number of alkyl halides is 1. The van der Waals surface area contributed by atoms with Crippen molar-refractivity contribution in [2.24, 2.45) is 5.92 Å². The van der Waals surface area contributed by atoms with Gasteiger partial charge in [-0.05, 0) is 24.5 Å². The lowest BCUT2D eigenvalue weighted by atomic mass is 10.1. The fraction of sp³-hybridized carbons (Fsp3) is 0.429. The molecular formula is C21H20F2N8O2. The summed E-state index contributed by atoms with van der Waals surface area (Å²) in [7, 11) is 0. The average Bonchev–Trinajstić information content (AvgIpc) is 3.50. The molecule has 1 amide bonds. The van der Waals surface area contributed by atoms with E-state index in [4.69, 9.17) is 5.26 Å². The van der Waals surface area contributed by atoms with Crippen molar-refractivity contribution in [2.45, 2.75) is 43.6 Å². The van der Waals surface area contributed by atoms with Crippen LogP contribution < -0.4 is 5.32 Å². The van der Waals surface area contributed by atoms with Gasteiger partial charge in [0.2, 0.25) is 0 Å². The molecule has 3 aromatic heterocycles. The van der Waals surface area contributed by atoms with Crippen LogP contribution in [0.2, 0.25) is 0 Å². The van der Waals surface area contributed by atoms with Gasteiger partial charge in [0.1, 0.15) is 24.1 Å². The van der Waals surface area contributed by atoms with Crippen molar-refractivity contribution < 1.29 is 18.7 Å². The third-order valence-corrected chi connectivity index (χ3v) is 6.22. The Hall–Kier alpha value is -3.72. The highest BCUT2D eigenvalue weighted by Crippen LogP contribution is 2.36. The quantitative estimate of drug-likeness (QED) is 0.542. The fourth-order valence-electron chi connectivity index (χ4n) is 4.65. The molecule has 4 heterocycles. The predicted molar refractivity (Wildman–Crippen MR) is 111 cm³/mol. The van der Waals surface area contributed by atoms with E-state index >= 15 is 0 Å². The highest BCUT2D eigenvalue weighted by Gasteiger charge is 2.39. The normalized spacial score (nSPS) is 27.1. The van der Waals surface area contributed by atoms with Crippen LogP contribution in [0.25, 0.3) is 11.0 Å². The number of nitrogens with one attached hydrogen (secondary N) is 2. The van der Waals surface area contributed by atoms with Crippen LogP contribution in [0.3, 0.4) is 0 Å². The van der Waals surface area contributed by atoms with Crippen LogP contribution in [0.4, 0.5) is 14.6 Å². The molecule has 33 heavy (non-hydrogen) atoms. The smallest absolute Gasteiger partial charge is 0.275 e. The number of hydrogen-bond donors (Lipinski definition) is 3. The number of aliphatic hydroxyl groups excluding tert-OH is 1. The Balaban J connectivity index is 1.48. The minimum Gasteiger partial charge on any atom is -0.391 e. The summed E-state index contributed by atoms with van der Waals surface area (Å²) >= 11 is 0. The lowest BCUT2D eigenvalue weighted by molar-refractivity contribution is 0.0724. The van der Waals surface area contributed by atoms with Gasteiger partial charge in [0.05, 0.1) is 48.3 Å². The SMILES string of the molecule is N#C[C@H]1C[C@@H](O)[C@H](Nc2ncnc3[nH]nc(C(=O)N4C[C@@H](F)C[C@@H]4c4cncc(F)c4)c23)C1. The molecule has 0 aromatic carbocycles. The Morgan fingerprint density at radius 1 is 1.30 bits per heavy atom. The Kier molecular flexibility index (Phi) is 5.33. The van der Waals surface area contributed by atoms with E-state index in [9.17, 15) is 18.7 Å². The van der Waals surface area contributed by atoms with E-state index in [2.05, 4.69) is 36.5 Å². The van der Waals surface area contributed by atoms with Crippen LogP contribution in [0.15, 0.2) is 24.8 Å². The number of amides is 1. The van der Waals surface area contributed by atoms with Gasteiger partial charge < -0.3 is 15.3 Å². The summed E-state index contributed by atoms with van der Waals surface area (Å²) in [6.45, 7) is -0.171. The molecule has 3 aromatic rings. The van der Waals surface area contributed by atoms with Crippen LogP contribution >= 0.6 is 0 Å². The number of aliphatic hydroxyl groups is 1. The number of nitrogens with zero attached hydrogens (tertiary/aromatic N) is 6. The molecule has 3 N–H and O–H groups in total. The largest absolute Gasteiger partial charge is 0.391 e. The number of pyridine rings is 1. The molecule has 1 aliphatic heterocycles. The highest BCUT2D eigenvalue weighted by molar-refractivity contribution is 6.07. The van der Waals surface area contributed by atoms with E-state index in [1.54, 1.807) is 0 Å². The number of likely N-dealkylation sites (tertiary alicyclic amines) is 1. The Morgan fingerprint density at radius 2 is 2.15 bits per heavy atom. The van der Waals surface area contributed by atoms with Crippen molar-refractivity contribution in [1.82, 2.24) is 30.0 Å². The second-order valence-corrected chi connectivity index (χ2v) is 8.38. The highest BCUT2D eigenvalue weighted by atomic mass is 19.1. The molecule has 0 spiro atoms. The van der Waals surface area contributed by atoms with E-state index in [0.717, 1.165) is 6.20 Å². The molecule has 170 valence electrons. The van der Waals surface area contributed by atoms with E-state index in [0.29, 0.717) is 29.4 Å². The number of carbonyl (C=O) groups excluding carboxylic acids is 1. The van der Waals surface area contributed by atoms with Crippen molar-refractivity contribution in [2.75, 3.05) is 11.9 Å². The Labute approximate surface area is 186 Å². The summed E-state index contributed by atoms with van der Waals surface area (Å²) in [4.78, 5) is 26.9. The van der Waals surface area contributed by atoms with Gasteiger partial charge in [-0.2, -0.15) is 10.4 Å². The topological polar surface area (TPSA) is 144 Å². The molecular weight excluding hydrogens is 434 g/mol. The van der Waals surface area contributed by atoms with Gasteiger partial charge in [-0.25, -0.2) is 18.7 Å². The molecule has 2 fully saturated rings. The Bertz CT molecular complexity index is 1240. The number of anilines is 1. The van der Waals surface area contributed by atoms with Gasteiger partial charge >= 0.3 is 0 Å². The number of halogens is 2. The third-order valence-electron chi connectivity index (χ3n) is 6.22. The van der Waals surface area contributed by atoms with Crippen molar-refractivity contribution in [1.29, 1.82) is 5.26 Å². The number of carbonyl (C=O) groups is 1. The first kappa shape index (κ1) is 21.1. The summed E-state index contributed by atoms with van der Waals surface area (Å²) < 4.78 is 28.1. The van der Waals surface area contributed by atoms with Crippen LogP contribution in [0.1, 0.15) is 41.4 Å². The van der Waals surface area contributed by atoms with Crippen molar-refractivity contribution >= 4 is 22.8 Å². The fourth-order valence-corrected chi connectivity index (χ4v) is 4.65. The standard InChI is InChI=1S/C21H20F2N8O2/c22-12-3-11(6-25-7-12)15-4-13(23)8-31(15)21(33)18-17-19(26-9-27-20(17)30-29-18)28-14-1-10(5-24)2-16(14)32/h3,6-7,9-10,13-16,32H,1-2,4,8H2,(H2,26,27,28,29,30)/t10-,13+,14-,15-,16-/m1/s1. The zero-order chi connectivity index (χ0) is 23.1. The molecule has 1 saturated heterocycles. The maximum Gasteiger partial charge on any atom is 0.275 e. The van der Waals surface area contributed by atoms with Gasteiger partial charge in [0, 0.05) is 12.6 Å². The molecule has 0 unspecified atom stereocenters. The molecule has 1 saturated carbocycles. The lowest BCUT2D eigenvalue weighted by Gasteiger charge is -2.24. The monoisotopic (exact) mass is 454 g/mol. The number of fused-ring (bicyclic) bond motifs is 1. The van der Waals surface area contributed by atoms with Gasteiger partial charge in [-0.1, -0.05) is 0 Å².